The molecule has 0 radical (unpaired) electrons. The number of aliphatic carboxylic acids is 1. The van der Waals surface area contributed by atoms with E-state index in [1.165, 1.54) is 52.3 Å². The predicted molar refractivity (Wildman–Crippen MR) is 160 cm³/mol. The van der Waals surface area contributed by atoms with Crippen LogP contribution in [0.2, 0.25) is 0 Å². The largest absolute Gasteiger partial charge is 0.477 e. The topological polar surface area (TPSA) is 144 Å². The zero-order valence-electron chi connectivity index (χ0n) is 22.3. The van der Waals surface area contributed by atoms with Crippen LogP contribution in [0.5, 0.6) is 0 Å². The molecule has 3 aliphatic heterocycles. The molecule has 3 N–H and O–H groups in total. The van der Waals surface area contributed by atoms with Gasteiger partial charge in [-0.15, -0.1) is 23.5 Å². The summed E-state index contributed by atoms with van der Waals surface area (Å²) in [6.07, 6.45) is -0.404. The van der Waals surface area contributed by atoms with E-state index in [1.54, 1.807) is 19.1 Å². The predicted octanol–water partition coefficient (Wildman–Crippen LogP) is 4.25. The van der Waals surface area contributed by atoms with E-state index in [4.69, 9.17) is 0 Å². The standard InChI is InChI=1S/C28H31N3O7S3/c1-2-21(32)23-25(34)30-24(26(35)36)27(41-28(23,30)39-16-17-8-10-19(11-9-17)31(37)38)40-20-12-13-29(14-20)15-22(33)18-6-4-3-5-7-18/h3-11,20-23,32-33H,2,12-16H2,1H3,(H,35,36)/t20?,21-,22?,23+,28+/m0/s1. The monoisotopic (exact) mass is 617 g/mol. The molecule has 2 aromatic rings. The smallest absolute Gasteiger partial charge is 0.354 e. The van der Waals surface area contributed by atoms with Crippen molar-refractivity contribution in [1.29, 1.82) is 0 Å². The summed E-state index contributed by atoms with van der Waals surface area (Å²) in [5, 5.41) is 42.8. The third-order valence-corrected chi connectivity index (χ3v) is 12.3. The average Bonchev–Trinajstić information content (AvgIpc) is 3.52. The van der Waals surface area contributed by atoms with Gasteiger partial charge in [0.1, 0.15) is 5.92 Å². The maximum absolute atomic E-state index is 13.3. The minimum absolute atomic E-state index is 0.0257. The third kappa shape index (κ3) is 5.88. The van der Waals surface area contributed by atoms with Crippen molar-refractivity contribution in [3.63, 3.8) is 0 Å². The average molecular weight is 618 g/mol. The van der Waals surface area contributed by atoms with Crippen LogP contribution in [-0.2, 0) is 15.3 Å². The number of nitro benzene ring substituents is 1. The first kappa shape index (κ1) is 29.9. The normalized spacial score (nSPS) is 25.6. The van der Waals surface area contributed by atoms with Crippen LogP contribution in [0.4, 0.5) is 5.69 Å². The SMILES string of the molecule is CC[C@H](O)[C@@H]1C(=O)N2C(C(=O)O)=C(SC3CCN(CC(O)c4ccccc4)C3)S[C@]12SCc1ccc([N+](=O)[O-])cc1. The summed E-state index contributed by atoms with van der Waals surface area (Å²) in [4.78, 5) is 39.9. The summed E-state index contributed by atoms with van der Waals surface area (Å²) in [6, 6.07) is 15.6. The number of amides is 1. The lowest BCUT2D eigenvalue weighted by Crippen LogP contribution is -2.68. The van der Waals surface area contributed by atoms with Gasteiger partial charge >= 0.3 is 5.97 Å². The number of β-amino-alcohol motifs (C(OH)–C–C–N with tert-alkyl or cyclic N) is 1. The number of aliphatic hydroxyl groups is 2. The van der Waals surface area contributed by atoms with Crippen molar-refractivity contribution >= 4 is 52.8 Å². The molecule has 0 aliphatic carbocycles. The molecule has 5 atom stereocenters. The summed E-state index contributed by atoms with van der Waals surface area (Å²) in [7, 11) is 0. The number of benzene rings is 2. The Morgan fingerprint density at radius 3 is 2.54 bits per heavy atom. The molecule has 0 bridgehead atoms. The van der Waals surface area contributed by atoms with Crippen LogP contribution in [-0.4, -0.2) is 77.1 Å². The molecule has 3 heterocycles. The maximum atomic E-state index is 13.3. The number of carboxylic acid groups (broad SMARTS) is 1. The van der Waals surface area contributed by atoms with E-state index < -0.39 is 39.1 Å². The van der Waals surface area contributed by atoms with Gasteiger partial charge in [0.15, 0.2) is 9.90 Å². The molecule has 10 nitrogen and oxygen atoms in total. The Balaban J connectivity index is 1.32. The molecule has 13 heteroatoms. The van der Waals surface area contributed by atoms with Crippen LogP contribution >= 0.6 is 35.3 Å². The minimum atomic E-state index is -1.19. The minimum Gasteiger partial charge on any atom is -0.477 e. The summed E-state index contributed by atoms with van der Waals surface area (Å²) < 4.78 is -0.477. The van der Waals surface area contributed by atoms with Gasteiger partial charge < -0.3 is 15.3 Å². The zero-order valence-corrected chi connectivity index (χ0v) is 24.7. The number of nitro groups is 1. The van der Waals surface area contributed by atoms with E-state index in [-0.39, 0.29) is 16.6 Å². The highest BCUT2D eigenvalue weighted by Crippen LogP contribution is 2.67. The number of thioether (sulfide) groups is 3. The molecule has 0 aromatic heterocycles. The van der Waals surface area contributed by atoms with Gasteiger partial charge in [-0.1, -0.05) is 61.2 Å². The van der Waals surface area contributed by atoms with E-state index in [9.17, 15) is 35.0 Å². The van der Waals surface area contributed by atoms with Crippen molar-refractivity contribution in [2.75, 3.05) is 19.6 Å². The quantitative estimate of drug-likeness (QED) is 0.179. The lowest BCUT2D eigenvalue weighted by molar-refractivity contribution is -0.384. The number of hydrogen-bond donors (Lipinski definition) is 3. The summed E-state index contributed by atoms with van der Waals surface area (Å²) in [6.45, 7) is 3.70. The molecule has 41 heavy (non-hydrogen) atoms. The Kier molecular flexibility index (Phi) is 9.02. The first-order chi connectivity index (χ1) is 19.6. The highest BCUT2D eigenvalue weighted by molar-refractivity contribution is 8.29. The highest BCUT2D eigenvalue weighted by atomic mass is 32.2. The number of fused-ring (bicyclic) bond motifs is 1. The van der Waals surface area contributed by atoms with E-state index in [0.717, 1.165) is 24.1 Å². The van der Waals surface area contributed by atoms with Crippen LogP contribution in [0.15, 0.2) is 64.5 Å². The fourth-order valence-corrected chi connectivity index (χ4v) is 10.8. The third-order valence-electron chi connectivity index (χ3n) is 7.56. The maximum Gasteiger partial charge on any atom is 0.354 e. The number of non-ortho nitro benzene ring substituents is 1. The molecule has 0 spiro atoms. The van der Waals surface area contributed by atoms with E-state index in [0.29, 0.717) is 29.5 Å². The van der Waals surface area contributed by atoms with Gasteiger partial charge in [-0.25, -0.2) is 4.79 Å². The Labute approximate surface area is 250 Å². The number of β-lactam (4-membered cyclic amide) rings is 1. The van der Waals surface area contributed by atoms with E-state index >= 15 is 0 Å². The number of hydrogen-bond acceptors (Lipinski definition) is 10. The van der Waals surface area contributed by atoms with Gasteiger partial charge in [0.05, 0.1) is 21.4 Å². The van der Waals surface area contributed by atoms with Gasteiger partial charge in [0.2, 0.25) is 5.91 Å². The second-order valence-corrected chi connectivity index (χ2v) is 14.5. The molecule has 2 aromatic carbocycles. The van der Waals surface area contributed by atoms with Gasteiger partial charge in [0, 0.05) is 36.2 Å². The number of rotatable bonds is 12. The Morgan fingerprint density at radius 2 is 1.90 bits per heavy atom. The molecule has 2 unspecified atom stereocenters. The van der Waals surface area contributed by atoms with Crippen LogP contribution in [0.3, 0.4) is 0 Å². The van der Waals surface area contributed by atoms with Crippen molar-refractivity contribution in [1.82, 2.24) is 9.80 Å². The van der Waals surface area contributed by atoms with Crippen molar-refractivity contribution in [2.24, 2.45) is 5.92 Å². The van der Waals surface area contributed by atoms with Crippen LogP contribution in [0, 0.1) is 16.0 Å². The Morgan fingerprint density at radius 1 is 1.20 bits per heavy atom. The second-order valence-electron chi connectivity index (χ2n) is 10.2. The van der Waals surface area contributed by atoms with Crippen molar-refractivity contribution in [3.8, 4) is 0 Å². The summed E-state index contributed by atoms with van der Waals surface area (Å²) in [5.74, 6) is -2.00. The number of carboxylic acids is 1. The van der Waals surface area contributed by atoms with Crippen molar-refractivity contribution in [3.05, 3.63) is 85.8 Å². The number of likely N-dealkylation sites (tertiary alicyclic amines) is 1. The highest BCUT2D eigenvalue weighted by Gasteiger charge is 2.69. The number of nitrogens with zero attached hydrogens (tertiary/aromatic N) is 3. The lowest BCUT2D eigenvalue weighted by atomic mass is 9.89. The van der Waals surface area contributed by atoms with Gasteiger partial charge in [-0.2, -0.15) is 0 Å². The first-order valence-corrected chi connectivity index (χ1v) is 16.0. The van der Waals surface area contributed by atoms with Crippen molar-refractivity contribution in [2.45, 2.75) is 47.2 Å². The Bertz CT molecular complexity index is 1340. The molecule has 3 aliphatic rings. The fourth-order valence-electron chi connectivity index (χ4n) is 5.40. The lowest BCUT2D eigenvalue weighted by Gasteiger charge is -2.53. The molecule has 218 valence electrons. The molecule has 1 amide bonds. The Hall–Kier alpha value is -2.55. The molecular formula is C28H31N3O7S3. The van der Waals surface area contributed by atoms with Gasteiger partial charge in [0.25, 0.3) is 5.69 Å². The van der Waals surface area contributed by atoms with Crippen molar-refractivity contribution < 1.29 is 29.8 Å². The first-order valence-electron chi connectivity index (χ1n) is 13.3. The molecule has 2 fully saturated rings. The van der Waals surface area contributed by atoms with E-state index in [2.05, 4.69) is 4.90 Å². The molecule has 5 rings (SSSR count). The number of carbonyl (C=O) groups excluding carboxylic acids is 1. The summed E-state index contributed by atoms with van der Waals surface area (Å²) in [5.41, 5.74) is 1.56. The molecular weight excluding hydrogens is 587 g/mol. The summed E-state index contributed by atoms with van der Waals surface area (Å²) >= 11 is 4.14. The van der Waals surface area contributed by atoms with Crippen LogP contribution in [0.1, 0.15) is 37.0 Å². The fraction of sp³-hybridized carbons (Fsp3) is 0.429. The number of carbonyl (C=O) groups is 2. The van der Waals surface area contributed by atoms with Gasteiger partial charge in [-0.05, 0) is 30.5 Å². The molecule has 0 saturated carbocycles. The van der Waals surface area contributed by atoms with Gasteiger partial charge in [-0.3, -0.25) is 24.7 Å². The van der Waals surface area contributed by atoms with E-state index in [1.807, 2.05) is 30.3 Å². The number of aliphatic hydroxyl groups excluding tert-OH is 2. The zero-order chi connectivity index (χ0) is 29.3. The second kappa shape index (κ2) is 12.4. The molecule has 2 saturated heterocycles. The van der Waals surface area contributed by atoms with Crippen LogP contribution in [0.25, 0.3) is 0 Å². The van der Waals surface area contributed by atoms with Crippen LogP contribution < -0.4 is 0 Å².